The number of aliphatic imine (C=N–C) groups is 1. The molecule has 0 aromatic heterocycles. The first-order chi connectivity index (χ1) is 14.1. The van der Waals surface area contributed by atoms with Crippen molar-refractivity contribution < 1.29 is 9.53 Å². The number of carbonyl (C=O) groups excluding carboxylic acids is 1. The molecule has 0 spiro atoms. The Kier molecular flexibility index (Phi) is 9.02. The number of amides is 1. The highest BCUT2D eigenvalue weighted by atomic mass is 16.5. The molecule has 156 valence electrons. The summed E-state index contributed by atoms with van der Waals surface area (Å²) in [5.74, 6) is 1.61. The van der Waals surface area contributed by atoms with Crippen LogP contribution in [0.4, 0.5) is 0 Å². The molecule has 0 unspecified atom stereocenters. The maximum Gasteiger partial charge on any atom is 0.251 e. The van der Waals surface area contributed by atoms with Gasteiger partial charge >= 0.3 is 0 Å². The topological polar surface area (TPSA) is 74.8 Å². The summed E-state index contributed by atoms with van der Waals surface area (Å²) in [6.07, 6.45) is 0.869. The van der Waals surface area contributed by atoms with Crippen LogP contribution in [0.25, 0.3) is 0 Å². The zero-order valence-electron chi connectivity index (χ0n) is 17.8. The van der Waals surface area contributed by atoms with Crippen LogP contribution in [0.2, 0.25) is 0 Å². The number of carbonyl (C=O) groups is 1. The van der Waals surface area contributed by atoms with Crippen molar-refractivity contribution in [3.8, 4) is 5.75 Å². The van der Waals surface area contributed by atoms with Gasteiger partial charge in [-0.25, -0.2) is 4.99 Å². The molecule has 0 aliphatic carbocycles. The Labute approximate surface area is 173 Å². The Morgan fingerprint density at radius 2 is 1.79 bits per heavy atom. The lowest BCUT2D eigenvalue weighted by Gasteiger charge is -2.12. The van der Waals surface area contributed by atoms with Crippen LogP contribution in [0.15, 0.2) is 47.5 Å². The third-order valence-electron chi connectivity index (χ3n) is 4.47. The molecular formula is C23H32N4O2. The fraction of sp³-hybridized carbons (Fsp3) is 0.391. The fourth-order valence-electron chi connectivity index (χ4n) is 2.93. The second-order valence-corrected chi connectivity index (χ2v) is 6.74. The smallest absolute Gasteiger partial charge is 0.251 e. The van der Waals surface area contributed by atoms with Gasteiger partial charge in [-0.3, -0.25) is 4.79 Å². The molecular weight excluding hydrogens is 364 g/mol. The lowest BCUT2D eigenvalue weighted by Crippen LogP contribution is -2.38. The van der Waals surface area contributed by atoms with Crippen LogP contribution in [0.3, 0.4) is 0 Å². The van der Waals surface area contributed by atoms with E-state index in [-0.39, 0.29) is 5.91 Å². The maximum atomic E-state index is 12.0. The third kappa shape index (κ3) is 7.14. The van der Waals surface area contributed by atoms with Gasteiger partial charge in [0.1, 0.15) is 5.75 Å². The Morgan fingerprint density at radius 1 is 1.00 bits per heavy atom. The summed E-state index contributed by atoms with van der Waals surface area (Å²) in [6.45, 7) is 8.64. The minimum atomic E-state index is -0.0584. The molecule has 6 nitrogen and oxygen atoms in total. The van der Waals surface area contributed by atoms with Gasteiger partial charge in [-0.15, -0.1) is 0 Å². The summed E-state index contributed by atoms with van der Waals surface area (Å²) < 4.78 is 5.40. The molecule has 0 atom stereocenters. The number of guanidine groups is 1. The standard InChI is InChI=1S/C23H32N4O2/c1-5-24-22(28)20-9-7-8-19(14-20)16-27-23(25-6-2)26-13-12-18-11-10-17(3)21(15-18)29-4/h7-11,14-15H,5-6,12-13,16H2,1-4H3,(H,24,28)(H2,25,26,27). The predicted molar refractivity (Wildman–Crippen MR) is 119 cm³/mol. The minimum absolute atomic E-state index is 0.0584. The van der Waals surface area contributed by atoms with Crippen LogP contribution >= 0.6 is 0 Å². The average molecular weight is 397 g/mol. The molecule has 0 aliphatic heterocycles. The van der Waals surface area contributed by atoms with Crippen LogP contribution in [0.1, 0.15) is 40.9 Å². The Balaban J connectivity index is 1.96. The van der Waals surface area contributed by atoms with E-state index in [1.807, 2.05) is 45.0 Å². The predicted octanol–water partition coefficient (Wildman–Crippen LogP) is 3.05. The Hall–Kier alpha value is -3.02. The minimum Gasteiger partial charge on any atom is -0.496 e. The van der Waals surface area contributed by atoms with Crippen molar-refractivity contribution in [3.05, 3.63) is 64.7 Å². The summed E-state index contributed by atoms with van der Waals surface area (Å²) >= 11 is 0. The first-order valence-corrected chi connectivity index (χ1v) is 10.1. The average Bonchev–Trinajstić information content (AvgIpc) is 2.73. The van der Waals surface area contributed by atoms with E-state index >= 15 is 0 Å². The fourth-order valence-corrected chi connectivity index (χ4v) is 2.93. The van der Waals surface area contributed by atoms with Gasteiger partial charge in [0.05, 0.1) is 13.7 Å². The molecule has 0 aliphatic rings. The van der Waals surface area contributed by atoms with Crippen LogP contribution in [-0.4, -0.2) is 38.6 Å². The molecule has 0 radical (unpaired) electrons. The van der Waals surface area contributed by atoms with E-state index in [2.05, 4.69) is 39.1 Å². The largest absolute Gasteiger partial charge is 0.496 e. The monoisotopic (exact) mass is 396 g/mol. The van der Waals surface area contributed by atoms with E-state index in [1.165, 1.54) is 5.56 Å². The van der Waals surface area contributed by atoms with E-state index in [0.29, 0.717) is 18.7 Å². The third-order valence-corrected chi connectivity index (χ3v) is 4.47. The van der Waals surface area contributed by atoms with Gasteiger partial charge in [0.2, 0.25) is 0 Å². The first kappa shape index (κ1) is 22.3. The van der Waals surface area contributed by atoms with E-state index in [9.17, 15) is 4.79 Å². The quantitative estimate of drug-likeness (QED) is 0.450. The second-order valence-electron chi connectivity index (χ2n) is 6.74. The molecule has 0 fully saturated rings. The summed E-state index contributed by atoms with van der Waals surface area (Å²) in [6, 6.07) is 13.8. The van der Waals surface area contributed by atoms with Crippen molar-refractivity contribution in [1.29, 1.82) is 0 Å². The number of methoxy groups -OCH3 is 1. The summed E-state index contributed by atoms with van der Waals surface area (Å²) in [4.78, 5) is 16.6. The van der Waals surface area contributed by atoms with Crippen LogP contribution < -0.4 is 20.7 Å². The van der Waals surface area contributed by atoms with Gasteiger partial charge in [-0.2, -0.15) is 0 Å². The molecule has 0 heterocycles. The molecule has 2 rings (SSSR count). The maximum absolute atomic E-state index is 12.0. The number of ether oxygens (including phenoxy) is 1. The highest BCUT2D eigenvalue weighted by Gasteiger charge is 2.05. The van der Waals surface area contributed by atoms with Gasteiger partial charge in [0.15, 0.2) is 5.96 Å². The van der Waals surface area contributed by atoms with Crippen LogP contribution in [0, 0.1) is 6.92 Å². The lowest BCUT2D eigenvalue weighted by molar-refractivity contribution is 0.0955. The number of nitrogens with zero attached hydrogens (tertiary/aromatic N) is 1. The van der Waals surface area contributed by atoms with Gasteiger partial charge in [0.25, 0.3) is 5.91 Å². The van der Waals surface area contributed by atoms with E-state index in [1.54, 1.807) is 7.11 Å². The number of hydrogen-bond acceptors (Lipinski definition) is 3. The van der Waals surface area contributed by atoms with Crippen molar-refractivity contribution in [2.75, 3.05) is 26.7 Å². The molecule has 0 bridgehead atoms. The number of aryl methyl sites for hydroxylation is 1. The van der Waals surface area contributed by atoms with Gasteiger partial charge in [-0.1, -0.05) is 24.3 Å². The Morgan fingerprint density at radius 3 is 2.52 bits per heavy atom. The molecule has 0 saturated carbocycles. The SMILES string of the molecule is CCNC(=O)c1cccc(CN=C(NCC)NCCc2ccc(C)c(OC)c2)c1. The number of hydrogen-bond donors (Lipinski definition) is 3. The summed E-state index contributed by atoms with van der Waals surface area (Å²) in [7, 11) is 1.70. The van der Waals surface area contributed by atoms with Crippen LogP contribution in [0.5, 0.6) is 5.75 Å². The summed E-state index contributed by atoms with van der Waals surface area (Å²) in [5.41, 5.74) is 4.00. The molecule has 29 heavy (non-hydrogen) atoms. The number of rotatable bonds is 9. The van der Waals surface area contributed by atoms with Crippen LogP contribution in [-0.2, 0) is 13.0 Å². The molecule has 3 N–H and O–H groups in total. The highest BCUT2D eigenvalue weighted by molar-refractivity contribution is 5.94. The molecule has 1 amide bonds. The van der Waals surface area contributed by atoms with Crippen molar-refractivity contribution in [2.45, 2.75) is 33.7 Å². The Bertz CT molecular complexity index is 833. The van der Waals surface area contributed by atoms with Gasteiger partial charge < -0.3 is 20.7 Å². The lowest BCUT2D eigenvalue weighted by atomic mass is 10.1. The second kappa shape index (κ2) is 11.7. The highest BCUT2D eigenvalue weighted by Crippen LogP contribution is 2.19. The van der Waals surface area contributed by atoms with Crippen molar-refractivity contribution in [3.63, 3.8) is 0 Å². The zero-order chi connectivity index (χ0) is 21.1. The van der Waals surface area contributed by atoms with Gasteiger partial charge in [0, 0.05) is 25.2 Å². The van der Waals surface area contributed by atoms with E-state index in [4.69, 9.17) is 4.74 Å². The molecule has 2 aromatic rings. The van der Waals surface area contributed by atoms with E-state index < -0.39 is 0 Å². The summed E-state index contributed by atoms with van der Waals surface area (Å²) in [5, 5.41) is 9.45. The molecule has 0 saturated heterocycles. The number of benzene rings is 2. The molecule has 6 heteroatoms. The first-order valence-electron chi connectivity index (χ1n) is 10.1. The van der Waals surface area contributed by atoms with Crippen molar-refractivity contribution >= 4 is 11.9 Å². The number of nitrogens with one attached hydrogen (secondary N) is 3. The van der Waals surface area contributed by atoms with Crippen molar-refractivity contribution in [2.24, 2.45) is 4.99 Å². The molecule has 2 aromatic carbocycles. The van der Waals surface area contributed by atoms with Gasteiger partial charge in [-0.05, 0) is 62.1 Å². The van der Waals surface area contributed by atoms with Crippen molar-refractivity contribution in [1.82, 2.24) is 16.0 Å². The normalized spacial score (nSPS) is 11.1. The van der Waals surface area contributed by atoms with E-state index in [0.717, 1.165) is 42.3 Å². The zero-order valence-corrected chi connectivity index (χ0v) is 17.8.